The molecular weight excluding hydrogens is 292 g/mol. The van der Waals surface area contributed by atoms with Crippen LogP contribution in [-0.2, 0) is 4.79 Å². The van der Waals surface area contributed by atoms with Gasteiger partial charge in [-0.25, -0.2) is 4.98 Å². The molecule has 21 heavy (non-hydrogen) atoms. The number of rotatable bonds is 4. The van der Waals surface area contributed by atoms with E-state index >= 15 is 0 Å². The standard InChI is InChI=1S/C12H20N6O2S/c1-15-8(19)5-16-11(20)9-10(14)17-12(21-9)18-4-2-3-7(13)6-18/h7H,2-6,13-14H2,1H3,(H,15,19)(H,16,20). The van der Waals surface area contributed by atoms with Crippen LogP contribution in [0, 0.1) is 0 Å². The quantitative estimate of drug-likeness (QED) is 0.572. The minimum absolute atomic E-state index is 0.0867. The van der Waals surface area contributed by atoms with E-state index in [9.17, 15) is 9.59 Å². The van der Waals surface area contributed by atoms with E-state index in [1.165, 1.54) is 18.4 Å². The molecule has 1 fully saturated rings. The van der Waals surface area contributed by atoms with Crippen LogP contribution in [0.4, 0.5) is 10.9 Å². The van der Waals surface area contributed by atoms with Crippen molar-refractivity contribution in [3.8, 4) is 0 Å². The van der Waals surface area contributed by atoms with E-state index in [-0.39, 0.29) is 30.2 Å². The number of nitrogen functional groups attached to an aromatic ring is 1. The number of carbonyl (C=O) groups is 2. The minimum Gasteiger partial charge on any atom is -0.382 e. The molecule has 0 spiro atoms. The number of aromatic nitrogens is 1. The molecule has 1 aromatic rings. The summed E-state index contributed by atoms with van der Waals surface area (Å²) in [6, 6.07) is 0.120. The summed E-state index contributed by atoms with van der Waals surface area (Å²) in [7, 11) is 1.51. The molecule has 2 rings (SSSR count). The Labute approximate surface area is 126 Å². The topological polar surface area (TPSA) is 126 Å². The second-order valence-electron chi connectivity index (χ2n) is 4.91. The smallest absolute Gasteiger partial charge is 0.265 e. The van der Waals surface area contributed by atoms with E-state index in [0.717, 1.165) is 19.4 Å². The monoisotopic (exact) mass is 312 g/mol. The van der Waals surface area contributed by atoms with Gasteiger partial charge in [-0.15, -0.1) is 0 Å². The highest BCUT2D eigenvalue weighted by atomic mass is 32.1. The Hall–Kier alpha value is -1.87. The van der Waals surface area contributed by atoms with Gasteiger partial charge in [-0.05, 0) is 12.8 Å². The first-order valence-corrected chi connectivity index (χ1v) is 7.58. The molecule has 0 radical (unpaired) electrons. The summed E-state index contributed by atoms with van der Waals surface area (Å²) in [5.41, 5.74) is 11.7. The zero-order valence-corrected chi connectivity index (χ0v) is 12.7. The zero-order chi connectivity index (χ0) is 15.4. The zero-order valence-electron chi connectivity index (χ0n) is 11.9. The van der Waals surface area contributed by atoms with E-state index in [1.54, 1.807) is 0 Å². The highest BCUT2D eigenvalue weighted by Crippen LogP contribution is 2.29. The maximum Gasteiger partial charge on any atom is 0.265 e. The Morgan fingerprint density at radius 3 is 2.95 bits per heavy atom. The van der Waals surface area contributed by atoms with E-state index in [1.807, 2.05) is 4.90 Å². The van der Waals surface area contributed by atoms with Gasteiger partial charge in [0.05, 0.1) is 6.54 Å². The first-order valence-electron chi connectivity index (χ1n) is 6.77. The van der Waals surface area contributed by atoms with Gasteiger partial charge >= 0.3 is 0 Å². The number of hydrogen-bond donors (Lipinski definition) is 4. The minimum atomic E-state index is -0.388. The van der Waals surface area contributed by atoms with Crippen LogP contribution < -0.4 is 27.0 Å². The first-order chi connectivity index (χ1) is 10.0. The summed E-state index contributed by atoms with van der Waals surface area (Å²) in [6.45, 7) is 1.49. The normalized spacial score (nSPS) is 18.4. The number of hydrogen-bond acceptors (Lipinski definition) is 7. The van der Waals surface area contributed by atoms with Crippen LogP contribution in [0.25, 0.3) is 0 Å². The van der Waals surface area contributed by atoms with Crippen LogP contribution in [0.2, 0.25) is 0 Å². The molecule has 1 aromatic heterocycles. The summed E-state index contributed by atoms with van der Waals surface area (Å²) < 4.78 is 0. The average Bonchev–Trinajstić information content (AvgIpc) is 2.86. The van der Waals surface area contributed by atoms with Crippen molar-refractivity contribution in [1.82, 2.24) is 15.6 Å². The molecule has 0 bridgehead atoms. The van der Waals surface area contributed by atoms with E-state index in [0.29, 0.717) is 16.6 Å². The van der Waals surface area contributed by atoms with Crippen LogP contribution in [0.5, 0.6) is 0 Å². The lowest BCUT2D eigenvalue weighted by molar-refractivity contribution is -0.119. The Kier molecular flexibility index (Phi) is 4.97. The maximum absolute atomic E-state index is 12.0. The molecule has 1 aliphatic heterocycles. The summed E-state index contributed by atoms with van der Waals surface area (Å²) in [6.07, 6.45) is 2.00. The van der Waals surface area contributed by atoms with Gasteiger partial charge in [-0.3, -0.25) is 9.59 Å². The van der Waals surface area contributed by atoms with Gasteiger partial charge in [-0.2, -0.15) is 0 Å². The molecule has 2 heterocycles. The molecule has 9 heteroatoms. The van der Waals surface area contributed by atoms with Crippen molar-refractivity contribution in [1.29, 1.82) is 0 Å². The van der Waals surface area contributed by atoms with Crippen molar-refractivity contribution in [3.05, 3.63) is 4.88 Å². The van der Waals surface area contributed by atoms with E-state index in [4.69, 9.17) is 11.5 Å². The Bertz CT molecular complexity index is 532. The van der Waals surface area contributed by atoms with Crippen molar-refractivity contribution in [2.75, 3.05) is 37.3 Å². The fourth-order valence-corrected chi connectivity index (χ4v) is 3.07. The van der Waals surface area contributed by atoms with Crippen molar-refractivity contribution >= 4 is 34.1 Å². The number of piperidine rings is 1. The van der Waals surface area contributed by atoms with Crippen molar-refractivity contribution in [2.45, 2.75) is 18.9 Å². The highest BCUT2D eigenvalue weighted by molar-refractivity contribution is 7.18. The molecule has 1 aliphatic rings. The average molecular weight is 312 g/mol. The number of anilines is 2. The molecule has 1 atom stereocenters. The van der Waals surface area contributed by atoms with Crippen LogP contribution in [-0.4, -0.2) is 49.5 Å². The van der Waals surface area contributed by atoms with Crippen molar-refractivity contribution < 1.29 is 9.59 Å². The fourth-order valence-electron chi connectivity index (χ4n) is 2.13. The molecule has 1 unspecified atom stereocenters. The molecular formula is C12H20N6O2S. The Morgan fingerprint density at radius 2 is 2.29 bits per heavy atom. The fraction of sp³-hybridized carbons (Fsp3) is 0.583. The van der Waals surface area contributed by atoms with Crippen molar-refractivity contribution in [2.24, 2.45) is 5.73 Å². The molecule has 0 aromatic carbocycles. The third kappa shape index (κ3) is 3.82. The number of carbonyl (C=O) groups excluding carboxylic acids is 2. The lowest BCUT2D eigenvalue weighted by Gasteiger charge is -2.30. The molecule has 8 nitrogen and oxygen atoms in total. The van der Waals surface area contributed by atoms with Crippen molar-refractivity contribution in [3.63, 3.8) is 0 Å². The molecule has 116 valence electrons. The van der Waals surface area contributed by atoms with Gasteiger partial charge in [0.2, 0.25) is 5.91 Å². The highest BCUT2D eigenvalue weighted by Gasteiger charge is 2.23. The number of nitrogens with one attached hydrogen (secondary N) is 2. The summed E-state index contributed by atoms with van der Waals surface area (Å²) in [5, 5.41) is 5.64. The summed E-state index contributed by atoms with van der Waals surface area (Å²) in [5.74, 6) is -0.474. The number of likely N-dealkylation sites (N-methyl/N-ethyl adjacent to an activating group) is 1. The molecule has 0 saturated carbocycles. The number of nitrogens with two attached hydrogens (primary N) is 2. The van der Waals surface area contributed by atoms with Crippen LogP contribution in [0.1, 0.15) is 22.5 Å². The van der Waals surface area contributed by atoms with E-state index in [2.05, 4.69) is 15.6 Å². The molecule has 0 aliphatic carbocycles. The number of amides is 2. The van der Waals surface area contributed by atoms with Gasteiger partial charge in [0.25, 0.3) is 5.91 Å². The predicted octanol–water partition coefficient (Wildman–Crippen LogP) is -0.871. The Morgan fingerprint density at radius 1 is 1.52 bits per heavy atom. The van der Waals surface area contributed by atoms with Gasteiger partial charge in [0, 0.05) is 26.2 Å². The van der Waals surface area contributed by atoms with E-state index < -0.39 is 0 Å². The van der Waals surface area contributed by atoms with Gasteiger partial charge in [0.15, 0.2) is 5.13 Å². The SMILES string of the molecule is CNC(=O)CNC(=O)c1sc(N2CCCC(N)C2)nc1N. The number of thiazole rings is 1. The maximum atomic E-state index is 12.0. The van der Waals surface area contributed by atoms with Crippen LogP contribution in [0.15, 0.2) is 0 Å². The second kappa shape index (κ2) is 6.72. The van der Waals surface area contributed by atoms with Gasteiger partial charge in [-0.1, -0.05) is 11.3 Å². The lowest BCUT2D eigenvalue weighted by Crippen LogP contribution is -2.42. The third-order valence-corrected chi connectivity index (χ3v) is 4.40. The summed E-state index contributed by atoms with van der Waals surface area (Å²) in [4.78, 5) is 29.7. The molecule has 1 saturated heterocycles. The predicted molar refractivity (Wildman–Crippen MR) is 82.3 cm³/mol. The first kappa shape index (κ1) is 15.5. The third-order valence-electron chi connectivity index (χ3n) is 3.27. The van der Waals surface area contributed by atoms with Crippen LogP contribution >= 0.6 is 11.3 Å². The molecule has 2 amide bonds. The largest absolute Gasteiger partial charge is 0.382 e. The lowest BCUT2D eigenvalue weighted by atomic mass is 10.1. The number of nitrogens with zero attached hydrogens (tertiary/aromatic N) is 2. The Balaban J connectivity index is 2.04. The molecule has 6 N–H and O–H groups in total. The van der Waals surface area contributed by atoms with Gasteiger partial charge < -0.3 is 27.0 Å². The van der Waals surface area contributed by atoms with Gasteiger partial charge in [0.1, 0.15) is 10.7 Å². The summed E-state index contributed by atoms with van der Waals surface area (Å²) >= 11 is 1.23. The van der Waals surface area contributed by atoms with Crippen LogP contribution in [0.3, 0.4) is 0 Å². The second-order valence-corrected chi connectivity index (χ2v) is 5.89.